The van der Waals surface area contributed by atoms with Gasteiger partial charge in [-0.1, -0.05) is 0 Å². The maximum atomic E-state index is 12.9. The van der Waals surface area contributed by atoms with E-state index in [1.165, 1.54) is 36.4 Å². The smallest absolute Gasteiger partial charge is 0.338 e. The predicted molar refractivity (Wildman–Crippen MR) is 130 cm³/mol. The van der Waals surface area contributed by atoms with Crippen molar-refractivity contribution in [2.75, 3.05) is 17.1 Å². The van der Waals surface area contributed by atoms with Crippen LogP contribution in [0.5, 0.6) is 5.75 Å². The highest BCUT2D eigenvalue weighted by molar-refractivity contribution is 7.92. The number of aromatic amines is 1. The summed E-state index contributed by atoms with van der Waals surface area (Å²) < 4.78 is 38.6. The Balaban J connectivity index is 1.50. The first-order valence-electron chi connectivity index (χ1n) is 10.5. The minimum Gasteiger partial charge on any atom is -0.497 e. The number of methoxy groups -OCH3 is 1. The van der Waals surface area contributed by atoms with Crippen LogP contribution in [0.3, 0.4) is 0 Å². The van der Waals surface area contributed by atoms with E-state index in [0.717, 1.165) is 11.4 Å². The normalized spacial score (nSPS) is 11.4. The van der Waals surface area contributed by atoms with Crippen LogP contribution in [0, 0.1) is 0 Å². The highest BCUT2D eigenvalue weighted by Gasteiger charge is 2.17. The molecule has 4 rings (SSSR count). The van der Waals surface area contributed by atoms with Crippen LogP contribution >= 0.6 is 0 Å². The molecule has 0 bridgehead atoms. The van der Waals surface area contributed by atoms with Gasteiger partial charge in [-0.15, -0.1) is 0 Å². The summed E-state index contributed by atoms with van der Waals surface area (Å²) >= 11 is 0. The van der Waals surface area contributed by atoms with E-state index in [0.29, 0.717) is 28.2 Å². The minimum atomic E-state index is -3.87. The number of anilines is 3. The van der Waals surface area contributed by atoms with Crippen molar-refractivity contribution < 1.29 is 22.7 Å². The average molecular weight is 481 g/mol. The van der Waals surface area contributed by atoms with Crippen LogP contribution in [-0.4, -0.2) is 37.6 Å². The van der Waals surface area contributed by atoms with E-state index in [-0.39, 0.29) is 11.0 Å². The van der Waals surface area contributed by atoms with Crippen molar-refractivity contribution in [2.45, 2.75) is 24.8 Å². The second-order valence-electron chi connectivity index (χ2n) is 7.75. The van der Waals surface area contributed by atoms with Crippen molar-refractivity contribution in [3.8, 4) is 5.75 Å². The van der Waals surface area contributed by atoms with Crippen molar-refractivity contribution in [3.63, 3.8) is 0 Å². The number of imidazole rings is 1. The number of nitrogens with zero attached hydrogens (tertiary/aromatic N) is 1. The fourth-order valence-electron chi connectivity index (χ4n) is 3.19. The molecular weight excluding hydrogens is 456 g/mol. The number of esters is 1. The van der Waals surface area contributed by atoms with Crippen LogP contribution in [-0.2, 0) is 14.8 Å². The summed E-state index contributed by atoms with van der Waals surface area (Å²) in [6, 6.07) is 18.0. The van der Waals surface area contributed by atoms with Crippen LogP contribution < -0.4 is 14.8 Å². The van der Waals surface area contributed by atoms with Crippen LogP contribution in [0.4, 0.5) is 17.3 Å². The summed E-state index contributed by atoms with van der Waals surface area (Å²) in [7, 11) is -2.27. The SMILES string of the molecule is COc1ccc(Nc2nc3cc(S(=O)(=O)Nc4ccc(C(=O)OC(C)C)cc4)ccc3[nH]2)cc1. The topological polar surface area (TPSA) is 122 Å². The van der Waals surface area contributed by atoms with E-state index in [2.05, 4.69) is 20.0 Å². The number of fused-ring (bicyclic) bond motifs is 1. The Hall–Kier alpha value is -4.05. The first kappa shape index (κ1) is 23.1. The first-order chi connectivity index (χ1) is 16.2. The van der Waals surface area contributed by atoms with Crippen molar-refractivity contribution in [1.29, 1.82) is 0 Å². The molecule has 0 spiro atoms. The molecule has 0 saturated heterocycles. The van der Waals surface area contributed by atoms with Gasteiger partial charge in [0.05, 0.1) is 34.7 Å². The summed E-state index contributed by atoms with van der Waals surface area (Å²) in [6.45, 7) is 3.52. The maximum absolute atomic E-state index is 12.9. The molecule has 0 amide bonds. The zero-order chi connectivity index (χ0) is 24.3. The average Bonchev–Trinajstić information content (AvgIpc) is 3.21. The number of rotatable bonds is 8. The van der Waals surface area contributed by atoms with E-state index < -0.39 is 16.0 Å². The molecule has 0 fully saturated rings. The molecule has 0 radical (unpaired) electrons. The van der Waals surface area contributed by atoms with Gasteiger partial charge in [-0.3, -0.25) is 4.72 Å². The molecule has 0 atom stereocenters. The molecule has 0 saturated carbocycles. The number of carbonyl (C=O) groups excluding carboxylic acids is 1. The van der Waals surface area contributed by atoms with Gasteiger partial charge in [0, 0.05) is 11.4 Å². The van der Waals surface area contributed by atoms with Gasteiger partial charge < -0.3 is 19.8 Å². The minimum absolute atomic E-state index is 0.0609. The van der Waals surface area contributed by atoms with Crippen LogP contribution in [0.2, 0.25) is 0 Å². The fourth-order valence-corrected chi connectivity index (χ4v) is 4.27. The molecule has 4 aromatic rings. The highest BCUT2D eigenvalue weighted by atomic mass is 32.2. The quantitative estimate of drug-likeness (QED) is 0.313. The Morgan fingerprint density at radius 1 is 0.971 bits per heavy atom. The molecule has 0 aliphatic heterocycles. The van der Waals surface area contributed by atoms with Crippen molar-refractivity contribution in [1.82, 2.24) is 9.97 Å². The molecule has 3 N–H and O–H groups in total. The number of hydrogen-bond acceptors (Lipinski definition) is 7. The zero-order valence-electron chi connectivity index (χ0n) is 18.8. The van der Waals surface area contributed by atoms with Gasteiger partial charge in [0.25, 0.3) is 10.0 Å². The lowest BCUT2D eigenvalue weighted by Gasteiger charge is -2.10. The van der Waals surface area contributed by atoms with Gasteiger partial charge >= 0.3 is 5.97 Å². The van der Waals surface area contributed by atoms with Crippen molar-refractivity contribution >= 4 is 44.3 Å². The Labute approximate surface area is 197 Å². The standard InChI is InChI=1S/C24H24N4O5S/c1-15(2)33-23(29)16-4-6-18(7-5-16)28-34(30,31)20-12-13-21-22(14-20)27-24(26-21)25-17-8-10-19(32-3)11-9-17/h4-15,28H,1-3H3,(H2,25,26,27). The number of nitrogens with one attached hydrogen (secondary N) is 3. The first-order valence-corrected chi connectivity index (χ1v) is 12.0. The predicted octanol–water partition coefficient (Wildman–Crippen LogP) is 4.68. The van der Waals surface area contributed by atoms with E-state index in [1.807, 2.05) is 24.3 Å². The molecular formula is C24H24N4O5S. The van der Waals surface area contributed by atoms with Gasteiger partial charge in [-0.05, 0) is 80.6 Å². The molecule has 176 valence electrons. The van der Waals surface area contributed by atoms with Crippen molar-refractivity contribution in [2.24, 2.45) is 0 Å². The molecule has 10 heteroatoms. The molecule has 34 heavy (non-hydrogen) atoms. The number of benzene rings is 3. The van der Waals surface area contributed by atoms with Gasteiger partial charge in [0.1, 0.15) is 5.75 Å². The summed E-state index contributed by atoms with van der Waals surface area (Å²) in [5.41, 5.74) is 2.64. The fraction of sp³-hybridized carbons (Fsp3) is 0.167. The summed E-state index contributed by atoms with van der Waals surface area (Å²) in [4.78, 5) is 19.6. The Morgan fingerprint density at radius 3 is 2.29 bits per heavy atom. The molecule has 1 heterocycles. The molecule has 0 aliphatic rings. The highest BCUT2D eigenvalue weighted by Crippen LogP contribution is 2.24. The van der Waals surface area contributed by atoms with E-state index in [9.17, 15) is 13.2 Å². The summed E-state index contributed by atoms with van der Waals surface area (Å²) in [6.07, 6.45) is -0.241. The second-order valence-corrected chi connectivity index (χ2v) is 9.44. The number of ether oxygens (including phenoxy) is 2. The molecule has 9 nitrogen and oxygen atoms in total. The van der Waals surface area contributed by atoms with Gasteiger partial charge in [-0.2, -0.15) is 0 Å². The third kappa shape index (κ3) is 5.29. The van der Waals surface area contributed by atoms with E-state index in [1.54, 1.807) is 27.0 Å². The van der Waals surface area contributed by atoms with Crippen LogP contribution in [0.25, 0.3) is 11.0 Å². The van der Waals surface area contributed by atoms with Gasteiger partial charge in [-0.25, -0.2) is 18.2 Å². The Kier molecular flexibility index (Phi) is 6.42. The lowest BCUT2D eigenvalue weighted by molar-refractivity contribution is 0.0378. The Morgan fingerprint density at radius 2 is 1.65 bits per heavy atom. The van der Waals surface area contributed by atoms with E-state index >= 15 is 0 Å². The van der Waals surface area contributed by atoms with E-state index in [4.69, 9.17) is 9.47 Å². The number of aromatic nitrogens is 2. The monoisotopic (exact) mass is 480 g/mol. The zero-order valence-corrected chi connectivity index (χ0v) is 19.6. The van der Waals surface area contributed by atoms with Gasteiger partial charge in [0.2, 0.25) is 5.95 Å². The Bertz CT molecular complexity index is 1410. The number of hydrogen-bond donors (Lipinski definition) is 3. The number of carbonyl (C=O) groups is 1. The lowest BCUT2D eigenvalue weighted by atomic mass is 10.2. The van der Waals surface area contributed by atoms with Gasteiger partial charge in [0.15, 0.2) is 0 Å². The number of sulfonamides is 1. The van der Waals surface area contributed by atoms with Crippen LogP contribution in [0.15, 0.2) is 71.6 Å². The van der Waals surface area contributed by atoms with Crippen LogP contribution in [0.1, 0.15) is 24.2 Å². The molecule has 3 aromatic carbocycles. The lowest BCUT2D eigenvalue weighted by Crippen LogP contribution is -2.14. The van der Waals surface area contributed by atoms with Crippen molar-refractivity contribution in [3.05, 3.63) is 72.3 Å². The third-order valence-electron chi connectivity index (χ3n) is 4.83. The molecule has 1 aromatic heterocycles. The number of H-pyrrole nitrogens is 1. The maximum Gasteiger partial charge on any atom is 0.338 e. The second kappa shape index (κ2) is 9.44. The third-order valence-corrected chi connectivity index (χ3v) is 6.21. The largest absolute Gasteiger partial charge is 0.497 e. The summed E-state index contributed by atoms with van der Waals surface area (Å²) in [5, 5.41) is 3.14. The molecule has 0 unspecified atom stereocenters. The summed E-state index contributed by atoms with van der Waals surface area (Å²) in [5.74, 6) is 0.752. The molecule has 0 aliphatic carbocycles.